The van der Waals surface area contributed by atoms with Gasteiger partial charge in [-0.05, 0) is 56.1 Å². The Hall–Kier alpha value is -2.64. The van der Waals surface area contributed by atoms with E-state index in [4.69, 9.17) is 14.9 Å². The van der Waals surface area contributed by atoms with Crippen LogP contribution < -0.4 is 15.4 Å². The standard InChI is InChI=1S/C8H10N2O2.C8H10O.C4H9NO/c11-8(12)10-6-3-7-1-4-9-5-2-7;1-7-3-5-8(9-2)6-4-7;6-4-1-2-5-3-4/h1-2,4-5,10H,3,6H2,(H,11,12);3-6H,1-2H3;4-6H,1-3H2. The minimum atomic E-state index is -0.982. The summed E-state index contributed by atoms with van der Waals surface area (Å²) in [5.41, 5.74) is 2.34. The highest BCUT2D eigenvalue weighted by Crippen LogP contribution is 2.09. The molecule has 27 heavy (non-hydrogen) atoms. The van der Waals surface area contributed by atoms with Gasteiger partial charge in [-0.1, -0.05) is 17.7 Å². The molecular formula is C20H29N3O4. The average molecular weight is 375 g/mol. The van der Waals surface area contributed by atoms with Crippen molar-refractivity contribution in [2.24, 2.45) is 0 Å². The molecule has 0 saturated carbocycles. The molecule has 0 bridgehead atoms. The fourth-order valence-corrected chi connectivity index (χ4v) is 2.18. The maximum Gasteiger partial charge on any atom is 0.404 e. The Morgan fingerprint density at radius 3 is 2.37 bits per heavy atom. The van der Waals surface area contributed by atoms with Crippen LogP contribution in [0.1, 0.15) is 17.5 Å². The molecule has 0 spiro atoms. The first-order chi connectivity index (χ1) is 13.0. The Balaban J connectivity index is 0.000000214. The molecule has 1 aromatic heterocycles. The van der Waals surface area contributed by atoms with E-state index < -0.39 is 6.09 Å². The number of pyridine rings is 1. The molecule has 0 aliphatic carbocycles. The number of aryl methyl sites for hydroxylation is 1. The summed E-state index contributed by atoms with van der Waals surface area (Å²) in [5.74, 6) is 0.917. The summed E-state index contributed by atoms with van der Waals surface area (Å²) in [6.45, 7) is 4.28. The van der Waals surface area contributed by atoms with Crippen molar-refractivity contribution in [3.8, 4) is 5.75 Å². The van der Waals surface area contributed by atoms with Crippen LogP contribution in [0.15, 0.2) is 48.8 Å². The zero-order valence-electron chi connectivity index (χ0n) is 15.9. The van der Waals surface area contributed by atoms with Gasteiger partial charge in [0.25, 0.3) is 0 Å². The highest BCUT2D eigenvalue weighted by Gasteiger charge is 2.08. The number of aliphatic hydroxyl groups excluding tert-OH is 1. The van der Waals surface area contributed by atoms with Crippen molar-refractivity contribution in [3.63, 3.8) is 0 Å². The van der Waals surface area contributed by atoms with Gasteiger partial charge in [0.15, 0.2) is 0 Å². The average Bonchev–Trinajstić information content (AvgIpc) is 3.15. The summed E-state index contributed by atoms with van der Waals surface area (Å²) < 4.78 is 4.97. The van der Waals surface area contributed by atoms with Gasteiger partial charge in [0.2, 0.25) is 0 Å². The monoisotopic (exact) mass is 375 g/mol. The summed E-state index contributed by atoms with van der Waals surface area (Å²) in [7, 11) is 1.67. The lowest BCUT2D eigenvalue weighted by Gasteiger charge is -1.99. The summed E-state index contributed by atoms with van der Waals surface area (Å²) in [6, 6.07) is 11.7. The number of carbonyl (C=O) groups is 1. The van der Waals surface area contributed by atoms with Crippen molar-refractivity contribution in [1.82, 2.24) is 15.6 Å². The zero-order chi connectivity index (χ0) is 19.9. The largest absolute Gasteiger partial charge is 0.497 e. The number of methoxy groups -OCH3 is 1. The molecule has 2 heterocycles. The molecule has 4 N–H and O–H groups in total. The molecule has 1 aliphatic heterocycles. The van der Waals surface area contributed by atoms with Gasteiger partial charge < -0.3 is 25.6 Å². The third kappa shape index (κ3) is 11.6. The number of rotatable bonds is 4. The Kier molecular flexibility index (Phi) is 11.2. The van der Waals surface area contributed by atoms with E-state index in [0.29, 0.717) is 13.0 Å². The number of amides is 1. The number of hydrogen-bond donors (Lipinski definition) is 4. The number of aliphatic hydroxyl groups is 1. The Morgan fingerprint density at radius 2 is 1.93 bits per heavy atom. The lowest BCUT2D eigenvalue weighted by molar-refractivity contribution is 0.194. The highest BCUT2D eigenvalue weighted by molar-refractivity contribution is 5.64. The van der Waals surface area contributed by atoms with Gasteiger partial charge >= 0.3 is 6.09 Å². The molecule has 1 aliphatic rings. The van der Waals surface area contributed by atoms with E-state index >= 15 is 0 Å². The van der Waals surface area contributed by atoms with Crippen LogP contribution in [-0.4, -0.2) is 54.1 Å². The van der Waals surface area contributed by atoms with Crippen LogP contribution in [0.3, 0.4) is 0 Å². The van der Waals surface area contributed by atoms with Crippen LogP contribution in [0.4, 0.5) is 4.79 Å². The first-order valence-corrected chi connectivity index (χ1v) is 8.86. The van der Waals surface area contributed by atoms with Crippen LogP contribution in [0.5, 0.6) is 5.75 Å². The van der Waals surface area contributed by atoms with Gasteiger partial charge in [-0.3, -0.25) is 4.98 Å². The van der Waals surface area contributed by atoms with Crippen molar-refractivity contribution in [2.45, 2.75) is 25.9 Å². The molecule has 1 atom stereocenters. The molecule has 1 aromatic carbocycles. The lowest BCUT2D eigenvalue weighted by atomic mass is 10.2. The van der Waals surface area contributed by atoms with Crippen LogP contribution >= 0.6 is 0 Å². The first kappa shape index (κ1) is 22.4. The normalized spacial score (nSPS) is 14.9. The quantitative estimate of drug-likeness (QED) is 0.653. The van der Waals surface area contributed by atoms with Crippen LogP contribution in [0.2, 0.25) is 0 Å². The molecule has 3 rings (SSSR count). The molecule has 7 heteroatoms. The Bertz CT molecular complexity index is 629. The fourth-order valence-electron chi connectivity index (χ4n) is 2.18. The topological polar surface area (TPSA) is 104 Å². The summed E-state index contributed by atoms with van der Waals surface area (Å²) >= 11 is 0. The van der Waals surface area contributed by atoms with Crippen LogP contribution in [0.25, 0.3) is 0 Å². The Labute approximate surface area is 160 Å². The van der Waals surface area contributed by atoms with Crippen molar-refractivity contribution in [1.29, 1.82) is 0 Å². The number of β-amino-alcohol motifs (C(OH)–C–C–N with tert-alkyl or cyclic N) is 1. The number of benzene rings is 1. The summed E-state index contributed by atoms with van der Waals surface area (Å²) in [5, 5.41) is 22.2. The van der Waals surface area contributed by atoms with Crippen molar-refractivity contribution >= 4 is 6.09 Å². The minimum Gasteiger partial charge on any atom is -0.497 e. The molecule has 148 valence electrons. The van der Waals surface area contributed by atoms with Gasteiger partial charge in [-0.2, -0.15) is 0 Å². The van der Waals surface area contributed by atoms with Gasteiger partial charge in [0.1, 0.15) is 5.75 Å². The molecule has 1 fully saturated rings. The van der Waals surface area contributed by atoms with E-state index in [1.54, 1.807) is 19.5 Å². The molecule has 1 unspecified atom stereocenters. The minimum absolute atomic E-state index is 0.0648. The van der Waals surface area contributed by atoms with Crippen LogP contribution in [0, 0.1) is 6.92 Å². The van der Waals surface area contributed by atoms with Crippen molar-refractivity contribution < 1.29 is 19.7 Å². The van der Waals surface area contributed by atoms with E-state index in [-0.39, 0.29) is 6.10 Å². The smallest absolute Gasteiger partial charge is 0.404 e. The molecule has 1 saturated heterocycles. The maximum absolute atomic E-state index is 10.1. The summed E-state index contributed by atoms with van der Waals surface area (Å²) in [6.07, 6.45) is 3.97. The summed E-state index contributed by atoms with van der Waals surface area (Å²) in [4.78, 5) is 13.9. The van der Waals surface area contributed by atoms with Crippen molar-refractivity contribution in [2.75, 3.05) is 26.7 Å². The van der Waals surface area contributed by atoms with Crippen LogP contribution in [-0.2, 0) is 6.42 Å². The number of aromatic nitrogens is 1. The van der Waals surface area contributed by atoms with E-state index in [1.807, 2.05) is 36.4 Å². The second-order valence-corrected chi connectivity index (χ2v) is 6.00. The molecule has 0 radical (unpaired) electrons. The van der Waals surface area contributed by atoms with Gasteiger partial charge in [-0.15, -0.1) is 0 Å². The SMILES string of the molecule is COc1ccc(C)cc1.O=C(O)NCCc1ccncc1.OC1CCNC1. The maximum atomic E-state index is 10.1. The number of carboxylic acid groups (broad SMARTS) is 1. The second kappa shape index (κ2) is 13.5. The predicted octanol–water partition coefficient (Wildman–Crippen LogP) is 2.24. The van der Waals surface area contributed by atoms with Gasteiger partial charge in [0.05, 0.1) is 13.2 Å². The van der Waals surface area contributed by atoms with Gasteiger partial charge in [-0.25, -0.2) is 4.79 Å². The molecule has 2 aromatic rings. The lowest BCUT2D eigenvalue weighted by Crippen LogP contribution is -2.23. The van der Waals surface area contributed by atoms with Crippen molar-refractivity contribution in [3.05, 3.63) is 59.9 Å². The predicted molar refractivity (Wildman–Crippen MR) is 105 cm³/mol. The van der Waals surface area contributed by atoms with E-state index in [9.17, 15) is 4.79 Å². The molecule has 7 nitrogen and oxygen atoms in total. The third-order valence-electron chi connectivity index (χ3n) is 3.73. The number of hydrogen-bond acceptors (Lipinski definition) is 5. The highest BCUT2D eigenvalue weighted by atomic mass is 16.5. The number of ether oxygens (including phenoxy) is 1. The fraction of sp³-hybridized carbons (Fsp3) is 0.400. The molecule has 1 amide bonds. The van der Waals surface area contributed by atoms with Gasteiger partial charge in [0, 0.05) is 25.5 Å². The van der Waals surface area contributed by atoms with E-state index in [2.05, 4.69) is 22.5 Å². The zero-order valence-corrected chi connectivity index (χ0v) is 15.9. The van der Waals surface area contributed by atoms with E-state index in [0.717, 1.165) is 30.8 Å². The first-order valence-electron chi connectivity index (χ1n) is 8.86. The number of nitrogens with zero attached hydrogens (tertiary/aromatic N) is 1. The number of nitrogens with one attached hydrogen (secondary N) is 2. The van der Waals surface area contributed by atoms with E-state index in [1.165, 1.54) is 5.56 Å². The second-order valence-electron chi connectivity index (χ2n) is 6.00. The Morgan fingerprint density at radius 1 is 1.26 bits per heavy atom. The molecular weight excluding hydrogens is 346 g/mol. The third-order valence-corrected chi connectivity index (χ3v) is 3.73.